The fourth-order valence-electron chi connectivity index (χ4n) is 3.65. The van der Waals surface area contributed by atoms with Gasteiger partial charge in [-0.1, -0.05) is 23.7 Å². The Morgan fingerprint density at radius 3 is 2.50 bits per heavy atom. The molecule has 4 rings (SSSR count). The molecule has 0 fully saturated rings. The Hall–Kier alpha value is -2.87. The number of hydrogen-bond donors (Lipinski definition) is 1. The Balaban J connectivity index is 0.00000256. The number of benzene rings is 2. The van der Waals surface area contributed by atoms with Gasteiger partial charge in [-0.3, -0.25) is 4.79 Å². The number of carbonyl (C=O) groups excluding carboxylic acids is 1. The predicted molar refractivity (Wildman–Crippen MR) is 115 cm³/mol. The first kappa shape index (κ1) is 21.8. The summed E-state index contributed by atoms with van der Waals surface area (Å²) in [5, 5.41) is 5.60. The first-order valence-corrected chi connectivity index (χ1v) is 9.87. The van der Waals surface area contributed by atoms with E-state index in [0.29, 0.717) is 5.02 Å². The molecule has 1 aliphatic carbocycles. The van der Waals surface area contributed by atoms with E-state index >= 15 is 0 Å². The van der Waals surface area contributed by atoms with Gasteiger partial charge in [0.2, 0.25) is 0 Å². The molecule has 2 aromatic carbocycles. The molecule has 1 aliphatic rings. The molecular formula is C22H24ClN3O4. The van der Waals surface area contributed by atoms with E-state index in [1.807, 2.05) is 53.2 Å². The fraction of sp³-hybridized carbons (Fsp3) is 0.273. The molecule has 1 unspecified atom stereocenters. The van der Waals surface area contributed by atoms with Gasteiger partial charge in [0.25, 0.3) is 0 Å². The normalized spacial score (nSPS) is 15.1. The zero-order chi connectivity index (χ0) is 20.4. The molecule has 0 aliphatic heterocycles. The van der Waals surface area contributed by atoms with Crippen molar-refractivity contribution >= 4 is 17.6 Å². The Bertz CT molecular complexity index is 1020. The summed E-state index contributed by atoms with van der Waals surface area (Å²) in [4.78, 5) is 16.2. The number of carbonyl (C=O) groups is 1. The standard InChI is InChI=1S/C22H22ClN3O3.H2O/c1-14(27)29-25-17-7-12-21-20(13-17)22(15-3-5-16(23)6-4-15)26(24-21)18-8-10-19(28-2)11-9-18;/h3-6,8-11,17,25H,7,12-13H2,1-2H3;1H2. The van der Waals surface area contributed by atoms with Crippen molar-refractivity contribution in [2.24, 2.45) is 0 Å². The molecule has 0 bridgehead atoms. The van der Waals surface area contributed by atoms with Crippen LogP contribution in [0.3, 0.4) is 0 Å². The molecule has 8 heteroatoms. The van der Waals surface area contributed by atoms with Crippen LogP contribution in [0.1, 0.15) is 24.6 Å². The summed E-state index contributed by atoms with van der Waals surface area (Å²) in [6.45, 7) is 1.39. The van der Waals surface area contributed by atoms with Crippen molar-refractivity contribution < 1.29 is 19.8 Å². The lowest BCUT2D eigenvalue weighted by Gasteiger charge is -2.22. The van der Waals surface area contributed by atoms with E-state index in [1.165, 1.54) is 6.92 Å². The van der Waals surface area contributed by atoms with Crippen LogP contribution in [-0.4, -0.2) is 34.4 Å². The van der Waals surface area contributed by atoms with Crippen LogP contribution in [0.2, 0.25) is 5.02 Å². The van der Waals surface area contributed by atoms with Gasteiger partial charge in [0, 0.05) is 29.1 Å². The molecule has 0 spiro atoms. The minimum Gasteiger partial charge on any atom is -0.497 e. The molecule has 3 aromatic rings. The number of fused-ring (bicyclic) bond motifs is 1. The topological polar surface area (TPSA) is 96.9 Å². The fourth-order valence-corrected chi connectivity index (χ4v) is 3.78. The molecule has 158 valence electrons. The van der Waals surface area contributed by atoms with Crippen molar-refractivity contribution in [1.29, 1.82) is 0 Å². The van der Waals surface area contributed by atoms with E-state index < -0.39 is 0 Å². The number of nitrogens with zero attached hydrogens (tertiary/aromatic N) is 2. The number of ether oxygens (including phenoxy) is 1. The van der Waals surface area contributed by atoms with Gasteiger partial charge in [-0.15, -0.1) is 5.48 Å². The summed E-state index contributed by atoms with van der Waals surface area (Å²) < 4.78 is 7.25. The molecule has 0 amide bonds. The van der Waals surface area contributed by atoms with E-state index in [9.17, 15) is 4.79 Å². The van der Waals surface area contributed by atoms with E-state index in [2.05, 4.69) is 5.48 Å². The Morgan fingerprint density at radius 1 is 1.17 bits per heavy atom. The second kappa shape index (κ2) is 9.30. The van der Waals surface area contributed by atoms with Gasteiger partial charge in [0.05, 0.1) is 24.2 Å². The summed E-state index contributed by atoms with van der Waals surface area (Å²) in [5.74, 6) is 0.451. The average Bonchev–Trinajstić information content (AvgIpc) is 3.11. The Kier molecular flexibility index (Phi) is 6.77. The molecule has 1 atom stereocenters. The predicted octanol–water partition coefficient (Wildman–Crippen LogP) is 3.30. The molecule has 0 radical (unpaired) electrons. The molecule has 1 aromatic heterocycles. The van der Waals surface area contributed by atoms with E-state index in [4.69, 9.17) is 26.3 Å². The van der Waals surface area contributed by atoms with Crippen molar-refractivity contribution in [3.8, 4) is 22.7 Å². The SMILES string of the molecule is COc1ccc(-n2nc3c(c2-c2ccc(Cl)cc2)CC(NOC(C)=O)CC3)cc1.O. The van der Waals surface area contributed by atoms with Crippen LogP contribution in [0.15, 0.2) is 48.5 Å². The Morgan fingerprint density at radius 2 is 1.87 bits per heavy atom. The molecule has 30 heavy (non-hydrogen) atoms. The minimum atomic E-state index is -0.345. The zero-order valence-electron chi connectivity index (χ0n) is 16.8. The summed E-state index contributed by atoms with van der Waals surface area (Å²) in [6, 6.07) is 15.6. The summed E-state index contributed by atoms with van der Waals surface area (Å²) in [6.07, 6.45) is 2.37. The molecule has 0 saturated heterocycles. The number of hydrogen-bond acceptors (Lipinski definition) is 5. The number of methoxy groups -OCH3 is 1. The van der Waals surface area contributed by atoms with Gasteiger partial charge in [-0.25, -0.2) is 4.68 Å². The molecule has 7 nitrogen and oxygen atoms in total. The van der Waals surface area contributed by atoms with Crippen LogP contribution >= 0.6 is 11.6 Å². The number of nitrogens with one attached hydrogen (secondary N) is 1. The summed E-state index contributed by atoms with van der Waals surface area (Å²) >= 11 is 6.11. The second-order valence-corrected chi connectivity index (χ2v) is 7.48. The maximum absolute atomic E-state index is 11.2. The number of aromatic nitrogens is 2. The zero-order valence-corrected chi connectivity index (χ0v) is 17.6. The lowest BCUT2D eigenvalue weighted by molar-refractivity contribution is -0.150. The highest BCUT2D eigenvalue weighted by Crippen LogP contribution is 2.34. The van der Waals surface area contributed by atoms with Gasteiger partial charge in [-0.05, 0) is 55.7 Å². The molecule has 0 saturated carbocycles. The maximum atomic E-state index is 11.2. The van der Waals surface area contributed by atoms with E-state index in [1.54, 1.807) is 7.11 Å². The van der Waals surface area contributed by atoms with Crippen molar-refractivity contribution in [2.75, 3.05) is 7.11 Å². The van der Waals surface area contributed by atoms with Crippen LogP contribution in [-0.2, 0) is 22.5 Å². The van der Waals surface area contributed by atoms with Crippen molar-refractivity contribution in [3.05, 3.63) is 64.8 Å². The molecule has 1 heterocycles. The highest BCUT2D eigenvalue weighted by atomic mass is 35.5. The van der Waals surface area contributed by atoms with Crippen LogP contribution in [0, 0.1) is 0 Å². The highest BCUT2D eigenvalue weighted by Gasteiger charge is 2.28. The van der Waals surface area contributed by atoms with Gasteiger partial charge >= 0.3 is 5.97 Å². The average molecular weight is 430 g/mol. The first-order valence-electron chi connectivity index (χ1n) is 9.49. The minimum absolute atomic E-state index is 0. The lowest BCUT2D eigenvalue weighted by Crippen LogP contribution is -2.35. The Labute approximate surface area is 179 Å². The van der Waals surface area contributed by atoms with Crippen LogP contribution in [0.5, 0.6) is 5.75 Å². The smallest absolute Gasteiger partial charge is 0.321 e. The lowest BCUT2D eigenvalue weighted by atomic mass is 9.90. The number of halogens is 1. The van der Waals surface area contributed by atoms with Crippen molar-refractivity contribution in [3.63, 3.8) is 0 Å². The highest BCUT2D eigenvalue weighted by molar-refractivity contribution is 6.30. The van der Waals surface area contributed by atoms with E-state index in [0.717, 1.165) is 53.2 Å². The van der Waals surface area contributed by atoms with Gasteiger partial charge in [0.15, 0.2) is 0 Å². The van der Waals surface area contributed by atoms with Crippen molar-refractivity contribution in [1.82, 2.24) is 15.3 Å². The summed E-state index contributed by atoms with van der Waals surface area (Å²) in [5.41, 5.74) is 8.12. The van der Waals surface area contributed by atoms with Gasteiger partial charge < -0.3 is 15.1 Å². The maximum Gasteiger partial charge on any atom is 0.321 e. The first-order chi connectivity index (χ1) is 14.0. The third kappa shape index (κ3) is 4.48. The van der Waals surface area contributed by atoms with Crippen LogP contribution in [0.25, 0.3) is 16.9 Å². The van der Waals surface area contributed by atoms with Crippen LogP contribution in [0.4, 0.5) is 0 Å². The van der Waals surface area contributed by atoms with Gasteiger partial charge in [0.1, 0.15) is 5.75 Å². The second-order valence-electron chi connectivity index (χ2n) is 7.04. The number of hydroxylamine groups is 1. The number of rotatable bonds is 5. The summed E-state index contributed by atoms with van der Waals surface area (Å²) in [7, 11) is 1.65. The van der Waals surface area contributed by atoms with Gasteiger partial charge in [-0.2, -0.15) is 5.10 Å². The quantitative estimate of drug-likeness (QED) is 0.627. The van der Waals surface area contributed by atoms with Crippen LogP contribution < -0.4 is 10.2 Å². The van der Waals surface area contributed by atoms with Crippen molar-refractivity contribution in [2.45, 2.75) is 32.2 Å². The largest absolute Gasteiger partial charge is 0.497 e. The molecular weight excluding hydrogens is 406 g/mol. The van der Waals surface area contributed by atoms with E-state index in [-0.39, 0.29) is 17.5 Å². The third-order valence-electron chi connectivity index (χ3n) is 5.05. The third-order valence-corrected chi connectivity index (χ3v) is 5.30. The molecule has 3 N–H and O–H groups in total. The monoisotopic (exact) mass is 429 g/mol. The number of aryl methyl sites for hydroxylation is 1.